The maximum atomic E-state index is 6.34. The van der Waals surface area contributed by atoms with Crippen LogP contribution in [0.15, 0.2) is 47.5 Å². The van der Waals surface area contributed by atoms with E-state index < -0.39 is 0 Å². The Bertz CT molecular complexity index is 695. The fourth-order valence-electron chi connectivity index (χ4n) is 2.29. The van der Waals surface area contributed by atoms with Crippen molar-refractivity contribution in [1.29, 1.82) is 0 Å². The summed E-state index contributed by atoms with van der Waals surface area (Å²) in [5, 5.41) is 0. The molecule has 2 aromatic rings. The van der Waals surface area contributed by atoms with Crippen LogP contribution in [0, 0.1) is 13.8 Å². The highest BCUT2D eigenvalue weighted by atomic mass is 14.8. The molecule has 0 bridgehead atoms. The van der Waals surface area contributed by atoms with Gasteiger partial charge in [-0.3, -0.25) is 4.99 Å². The van der Waals surface area contributed by atoms with Gasteiger partial charge in [-0.05, 0) is 44.0 Å². The van der Waals surface area contributed by atoms with Crippen LogP contribution in [0.2, 0.25) is 0 Å². The van der Waals surface area contributed by atoms with Gasteiger partial charge in [-0.2, -0.15) is 0 Å². The molecule has 4 N–H and O–H groups in total. The summed E-state index contributed by atoms with van der Waals surface area (Å²) < 4.78 is 0. The number of aryl methyl sites for hydroxylation is 2. The quantitative estimate of drug-likeness (QED) is 0.510. The highest BCUT2D eigenvalue weighted by Crippen LogP contribution is 2.27. The second-order valence-electron chi connectivity index (χ2n) is 5.09. The Morgan fingerprint density at radius 3 is 2.29 bits per heavy atom. The average Bonchev–Trinajstić information content (AvgIpc) is 2.46. The summed E-state index contributed by atoms with van der Waals surface area (Å²) >= 11 is 0. The van der Waals surface area contributed by atoms with Crippen molar-refractivity contribution in [2.75, 3.05) is 5.73 Å². The summed E-state index contributed by atoms with van der Waals surface area (Å²) in [4.78, 5) is 4.48. The summed E-state index contributed by atoms with van der Waals surface area (Å²) in [7, 11) is 0. The molecule has 0 atom stereocenters. The molecule has 0 amide bonds. The van der Waals surface area contributed by atoms with Crippen LogP contribution < -0.4 is 11.5 Å². The predicted octanol–water partition coefficient (Wildman–Crippen LogP) is 3.76. The number of anilines is 1. The molecule has 21 heavy (non-hydrogen) atoms. The van der Waals surface area contributed by atoms with Gasteiger partial charge in [-0.25, -0.2) is 0 Å². The molecule has 0 saturated heterocycles. The van der Waals surface area contributed by atoms with Gasteiger partial charge >= 0.3 is 0 Å². The Morgan fingerprint density at radius 1 is 1.05 bits per heavy atom. The Balaban J connectivity index is 2.61. The molecule has 2 aromatic carbocycles. The Kier molecular flexibility index (Phi) is 4.43. The van der Waals surface area contributed by atoms with E-state index in [1.54, 1.807) is 6.21 Å². The van der Waals surface area contributed by atoms with Crippen molar-refractivity contribution in [3.63, 3.8) is 0 Å². The van der Waals surface area contributed by atoms with Gasteiger partial charge in [-0.15, -0.1) is 0 Å². The lowest BCUT2D eigenvalue weighted by Gasteiger charge is -2.12. The Morgan fingerprint density at radius 2 is 1.71 bits per heavy atom. The number of nitrogen functional groups attached to an aromatic ring is 1. The molecule has 0 saturated carbocycles. The van der Waals surface area contributed by atoms with Crippen LogP contribution in [-0.2, 0) is 0 Å². The molecule has 0 fully saturated rings. The van der Waals surface area contributed by atoms with Gasteiger partial charge in [0.05, 0.1) is 11.4 Å². The molecule has 0 spiro atoms. The number of benzene rings is 2. The molecule has 3 heteroatoms. The zero-order valence-electron chi connectivity index (χ0n) is 12.7. The van der Waals surface area contributed by atoms with Gasteiger partial charge in [0.15, 0.2) is 0 Å². The van der Waals surface area contributed by atoms with Crippen molar-refractivity contribution in [2.45, 2.75) is 20.8 Å². The highest BCUT2D eigenvalue weighted by Gasteiger charge is 2.10. The van der Waals surface area contributed by atoms with Crippen LogP contribution >= 0.6 is 0 Å². The fraction of sp³-hybridized carbons (Fsp3) is 0.167. The third kappa shape index (κ3) is 3.31. The second-order valence-corrected chi connectivity index (χ2v) is 5.09. The molecule has 0 aliphatic carbocycles. The van der Waals surface area contributed by atoms with Gasteiger partial charge in [0.25, 0.3) is 0 Å². The molecule has 2 rings (SSSR count). The lowest BCUT2D eigenvalue weighted by Crippen LogP contribution is -2.02. The predicted molar refractivity (Wildman–Crippen MR) is 91.9 cm³/mol. The maximum absolute atomic E-state index is 6.34. The highest BCUT2D eigenvalue weighted by molar-refractivity contribution is 5.92. The fourth-order valence-corrected chi connectivity index (χ4v) is 2.29. The molecular weight excluding hydrogens is 258 g/mol. The third-order valence-corrected chi connectivity index (χ3v) is 3.37. The monoisotopic (exact) mass is 279 g/mol. The van der Waals surface area contributed by atoms with Crippen LogP contribution in [0.3, 0.4) is 0 Å². The minimum atomic E-state index is 0.653. The first-order chi connectivity index (χ1) is 10.0. The molecule has 0 aliphatic heterocycles. The van der Waals surface area contributed by atoms with Gasteiger partial charge < -0.3 is 11.5 Å². The van der Waals surface area contributed by atoms with Crippen LogP contribution in [-0.4, -0.2) is 6.21 Å². The number of hydrogen-bond acceptors (Lipinski definition) is 3. The van der Waals surface area contributed by atoms with E-state index in [9.17, 15) is 0 Å². The maximum Gasteiger partial charge on any atom is 0.0935 e. The number of aliphatic imine (C=N–C) groups is 1. The number of nitrogens with two attached hydrogens (primary N) is 2. The molecule has 108 valence electrons. The minimum absolute atomic E-state index is 0.653. The van der Waals surface area contributed by atoms with E-state index in [1.165, 1.54) is 5.56 Å². The Labute approximate surface area is 126 Å². The Hall–Kier alpha value is -2.55. The number of hydrogen-bond donors (Lipinski definition) is 2. The summed E-state index contributed by atoms with van der Waals surface area (Å²) in [5.41, 5.74) is 18.6. The van der Waals surface area contributed by atoms with E-state index in [4.69, 9.17) is 11.5 Å². The van der Waals surface area contributed by atoms with Crippen molar-refractivity contribution < 1.29 is 0 Å². The van der Waals surface area contributed by atoms with Gasteiger partial charge in [-0.1, -0.05) is 35.9 Å². The van der Waals surface area contributed by atoms with E-state index in [-0.39, 0.29) is 0 Å². The van der Waals surface area contributed by atoms with E-state index in [2.05, 4.69) is 37.0 Å². The first-order valence-electron chi connectivity index (χ1n) is 6.95. The molecule has 0 radical (unpaired) electrons. The SMILES string of the molecule is CC=N/C(=C(\N)c1ccc(N)cc1)c1ccc(C)cc1C. The van der Waals surface area contributed by atoms with E-state index in [1.807, 2.05) is 31.2 Å². The lowest BCUT2D eigenvalue weighted by atomic mass is 10.00. The average molecular weight is 279 g/mol. The molecule has 3 nitrogen and oxygen atoms in total. The van der Waals surface area contributed by atoms with Crippen molar-refractivity contribution >= 4 is 23.3 Å². The van der Waals surface area contributed by atoms with Crippen LogP contribution in [0.25, 0.3) is 11.4 Å². The van der Waals surface area contributed by atoms with E-state index in [0.29, 0.717) is 5.70 Å². The van der Waals surface area contributed by atoms with Gasteiger partial charge in [0.1, 0.15) is 0 Å². The van der Waals surface area contributed by atoms with Crippen molar-refractivity contribution in [2.24, 2.45) is 10.7 Å². The van der Waals surface area contributed by atoms with Crippen LogP contribution in [0.4, 0.5) is 5.69 Å². The van der Waals surface area contributed by atoms with Crippen molar-refractivity contribution in [3.05, 3.63) is 64.7 Å². The molecule has 0 aromatic heterocycles. The second kappa shape index (κ2) is 6.27. The van der Waals surface area contributed by atoms with E-state index in [0.717, 1.165) is 28.1 Å². The topological polar surface area (TPSA) is 64.4 Å². The molecular formula is C18H21N3. The zero-order chi connectivity index (χ0) is 15.4. The van der Waals surface area contributed by atoms with E-state index >= 15 is 0 Å². The first-order valence-corrected chi connectivity index (χ1v) is 6.95. The summed E-state index contributed by atoms with van der Waals surface area (Å²) in [6.07, 6.45) is 1.76. The van der Waals surface area contributed by atoms with Gasteiger partial charge in [0, 0.05) is 17.5 Å². The number of rotatable bonds is 3. The molecule has 0 unspecified atom stereocenters. The lowest BCUT2D eigenvalue weighted by molar-refractivity contribution is 1.33. The van der Waals surface area contributed by atoms with Gasteiger partial charge in [0.2, 0.25) is 0 Å². The van der Waals surface area contributed by atoms with Crippen molar-refractivity contribution in [3.8, 4) is 0 Å². The molecule has 0 aliphatic rings. The minimum Gasteiger partial charge on any atom is -0.399 e. The van der Waals surface area contributed by atoms with Crippen molar-refractivity contribution in [1.82, 2.24) is 0 Å². The first kappa shape index (κ1) is 14.9. The summed E-state index contributed by atoms with van der Waals surface area (Å²) in [5.74, 6) is 0. The van der Waals surface area contributed by atoms with Crippen LogP contribution in [0.5, 0.6) is 0 Å². The normalized spacial score (nSPS) is 12.5. The largest absolute Gasteiger partial charge is 0.399 e. The molecule has 0 heterocycles. The third-order valence-electron chi connectivity index (χ3n) is 3.37. The number of nitrogens with zero attached hydrogens (tertiary/aromatic N) is 1. The summed E-state index contributed by atoms with van der Waals surface area (Å²) in [6, 6.07) is 13.8. The summed E-state index contributed by atoms with van der Waals surface area (Å²) in [6.45, 7) is 6.04. The standard InChI is InChI=1S/C18H21N3/c1-4-21-18(16-10-5-12(2)11-13(16)3)17(20)14-6-8-15(19)9-7-14/h4-11H,19-20H2,1-3H3/b18-17-,21-4?. The smallest absolute Gasteiger partial charge is 0.0935 e. The zero-order valence-corrected chi connectivity index (χ0v) is 12.7. The van der Waals surface area contributed by atoms with Crippen LogP contribution in [0.1, 0.15) is 29.2 Å².